The van der Waals surface area contributed by atoms with E-state index in [1.165, 1.54) is 0 Å². The Bertz CT molecular complexity index is 350. The topological polar surface area (TPSA) is 44.8 Å². The van der Waals surface area contributed by atoms with E-state index < -0.39 is 6.16 Å². The Kier molecular flexibility index (Phi) is 7.66. The Labute approximate surface area is 114 Å². The number of ether oxygens (including phenoxy) is 3. The zero-order valence-electron chi connectivity index (χ0n) is 11.6. The summed E-state index contributed by atoms with van der Waals surface area (Å²) < 4.78 is 15.3. The van der Waals surface area contributed by atoms with Gasteiger partial charge in [0.2, 0.25) is 0 Å². The van der Waals surface area contributed by atoms with Gasteiger partial charge < -0.3 is 14.2 Å². The summed E-state index contributed by atoms with van der Waals surface area (Å²) in [6.45, 7) is 4.31. The Morgan fingerprint density at radius 1 is 1.16 bits per heavy atom. The largest absolute Gasteiger partial charge is 0.510 e. The van der Waals surface area contributed by atoms with Gasteiger partial charge in [-0.2, -0.15) is 0 Å². The van der Waals surface area contributed by atoms with Crippen molar-refractivity contribution in [1.29, 1.82) is 0 Å². The van der Waals surface area contributed by atoms with Crippen LogP contribution in [0.2, 0.25) is 0 Å². The molecule has 1 unspecified atom stereocenters. The highest BCUT2D eigenvalue weighted by Crippen LogP contribution is 2.07. The van der Waals surface area contributed by atoms with Gasteiger partial charge in [-0.05, 0) is 18.4 Å². The molecule has 0 saturated carbocycles. The molecule has 106 valence electrons. The monoisotopic (exact) mass is 266 g/mol. The van der Waals surface area contributed by atoms with Crippen LogP contribution < -0.4 is 0 Å². The molecule has 0 heterocycles. The molecule has 0 aromatic heterocycles. The number of benzene rings is 1. The van der Waals surface area contributed by atoms with Crippen molar-refractivity contribution >= 4 is 6.16 Å². The molecule has 0 aliphatic rings. The first-order valence-electron chi connectivity index (χ1n) is 6.71. The number of carbonyl (C=O) groups is 1. The average Bonchev–Trinajstić information content (AvgIpc) is 2.45. The average molecular weight is 266 g/mol. The molecule has 0 radical (unpaired) electrons. The zero-order chi connectivity index (χ0) is 13.9. The van der Waals surface area contributed by atoms with Crippen molar-refractivity contribution in [3.05, 3.63) is 35.9 Å². The lowest BCUT2D eigenvalue weighted by molar-refractivity contribution is -0.0808. The van der Waals surface area contributed by atoms with E-state index in [0.29, 0.717) is 0 Å². The molecule has 0 aliphatic carbocycles. The molecular formula is C15H22O4. The van der Waals surface area contributed by atoms with Gasteiger partial charge in [0.05, 0.1) is 6.10 Å². The van der Waals surface area contributed by atoms with Crippen molar-refractivity contribution in [2.45, 2.75) is 45.8 Å². The third-order valence-electron chi connectivity index (χ3n) is 2.75. The number of rotatable bonds is 8. The van der Waals surface area contributed by atoms with Gasteiger partial charge in [-0.15, -0.1) is 0 Å². The third kappa shape index (κ3) is 6.82. The molecular weight excluding hydrogens is 244 g/mol. The minimum atomic E-state index is -0.699. The Hall–Kier alpha value is -1.55. The standard InChI is InChI=1S/C15H22O4/c1-3-8-14(4-2)18-12-19-15(16)17-11-13-9-6-5-7-10-13/h5-7,9-10,14H,3-4,8,11-12H2,1-2H3. The fourth-order valence-corrected chi connectivity index (χ4v) is 1.66. The van der Waals surface area contributed by atoms with E-state index in [-0.39, 0.29) is 19.5 Å². The van der Waals surface area contributed by atoms with E-state index in [0.717, 1.165) is 24.8 Å². The van der Waals surface area contributed by atoms with Gasteiger partial charge in [-0.3, -0.25) is 0 Å². The van der Waals surface area contributed by atoms with Crippen molar-refractivity contribution in [2.75, 3.05) is 6.79 Å². The second-order valence-electron chi connectivity index (χ2n) is 4.27. The van der Waals surface area contributed by atoms with Crippen LogP contribution in [0.5, 0.6) is 0 Å². The van der Waals surface area contributed by atoms with Gasteiger partial charge in [-0.25, -0.2) is 4.79 Å². The Morgan fingerprint density at radius 2 is 1.89 bits per heavy atom. The predicted molar refractivity (Wildman–Crippen MR) is 72.7 cm³/mol. The molecule has 1 atom stereocenters. The quantitative estimate of drug-likeness (QED) is 0.529. The maximum atomic E-state index is 11.3. The second kappa shape index (κ2) is 9.39. The van der Waals surface area contributed by atoms with E-state index in [4.69, 9.17) is 14.2 Å². The van der Waals surface area contributed by atoms with Gasteiger partial charge in [0.1, 0.15) is 6.61 Å². The van der Waals surface area contributed by atoms with Crippen LogP contribution in [0.4, 0.5) is 4.79 Å². The van der Waals surface area contributed by atoms with Crippen molar-refractivity contribution in [3.8, 4) is 0 Å². The van der Waals surface area contributed by atoms with Crippen LogP contribution in [-0.2, 0) is 20.8 Å². The fraction of sp³-hybridized carbons (Fsp3) is 0.533. The van der Waals surface area contributed by atoms with Gasteiger partial charge >= 0.3 is 6.16 Å². The smallest absolute Gasteiger partial charge is 0.429 e. The first kappa shape index (κ1) is 15.5. The summed E-state index contributed by atoms with van der Waals surface area (Å²) in [4.78, 5) is 11.3. The van der Waals surface area contributed by atoms with E-state index in [1.807, 2.05) is 37.3 Å². The third-order valence-corrected chi connectivity index (χ3v) is 2.75. The summed E-state index contributed by atoms with van der Waals surface area (Å²) in [5.74, 6) is 0. The summed E-state index contributed by atoms with van der Waals surface area (Å²) in [5, 5.41) is 0. The van der Waals surface area contributed by atoms with Crippen molar-refractivity contribution in [3.63, 3.8) is 0 Å². The molecule has 1 aromatic carbocycles. The molecule has 1 aromatic rings. The predicted octanol–water partition coefficient (Wildman–Crippen LogP) is 3.89. The fourth-order valence-electron chi connectivity index (χ4n) is 1.66. The summed E-state index contributed by atoms with van der Waals surface area (Å²) in [6.07, 6.45) is 2.38. The first-order chi connectivity index (χ1) is 9.26. The van der Waals surface area contributed by atoms with Crippen LogP contribution in [0.1, 0.15) is 38.7 Å². The maximum Gasteiger partial charge on any atom is 0.510 e. The van der Waals surface area contributed by atoms with Gasteiger partial charge in [0.15, 0.2) is 6.79 Å². The maximum absolute atomic E-state index is 11.3. The lowest BCUT2D eigenvalue weighted by Gasteiger charge is -2.14. The summed E-state index contributed by atoms with van der Waals surface area (Å²) >= 11 is 0. The van der Waals surface area contributed by atoms with E-state index in [9.17, 15) is 4.79 Å². The zero-order valence-corrected chi connectivity index (χ0v) is 11.6. The lowest BCUT2D eigenvalue weighted by Crippen LogP contribution is -2.17. The highest BCUT2D eigenvalue weighted by Gasteiger charge is 2.08. The Morgan fingerprint density at radius 3 is 2.53 bits per heavy atom. The molecule has 0 amide bonds. The highest BCUT2D eigenvalue weighted by molar-refractivity contribution is 5.59. The molecule has 4 nitrogen and oxygen atoms in total. The van der Waals surface area contributed by atoms with Gasteiger partial charge in [0, 0.05) is 0 Å². The molecule has 1 rings (SSSR count). The van der Waals surface area contributed by atoms with Crippen LogP contribution in [0.15, 0.2) is 30.3 Å². The van der Waals surface area contributed by atoms with Gasteiger partial charge in [0.25, 0.3) is 0 Å². The number of hydrogen-bond donors (Lipinski definition) is 0. The van der Waals surface area contributed by atoms with Crippen LogP contribution >= 0.6 is 0 Å². The SMILES string of the molecule is CCCC(CC)OCOC(=O)OCc1ccccc1. The Balaban J connectivity index is 2.14. The molecule has 0 bridgehead atoms. The van der Waals surface area contributed by atoms with Crippen molar-refractivity contribution in [1.82, 2.24) is 0 Å². The van der Waals surface area contributed by atoms with E-state index in [1.54, 1.807) is 0 Å². The van der Waals surface area contributed by atoms with Crippen LogP contribution in [0, 0.1) is 0 Å². The molecule has 4 heteroatoms. The van der Waals surface area contributed by atoms with Crippen LogP contribution in [0.25, 0.3) is 0 Å². The first-order valence-corrected chi connectivity index (χ1v) is 6.71. The van der Waals surface area contributed by atoms with Crippen LogP contribution in [0.3, 0.4) is 0 Å². The number of hydrogen-bond acceptors (Lipinski definition) is 4. The molecule has 0 aliphatic heterocycles. The molecule has 0 saturated heterocycles. The van der Waals surface area contributed by atoms with E-state index >= 15 is 0 Å². The summed E-state index contributed by atoms with van der Waals surface area (Å²) in [7, 11) is 0. The summed E-state index contributed by atoms with van der Waals surface area (Å²) in [5.41, 5.74) is 0.929. The normalized spacial score (nSPS) is 11.9. The molecule has 0 spiro atoms. The minimum Gasteiger partial charge on any atom is -0.429 e. The van der Waals surface area contributed by atoms with E-state index in [2.05, 4.69) is 6.92 Å². The minimum absolute atomic E-state index is 0.0495. The lowest BCUT2D eigenvalue weighted by atomic mass is 10.2. The van der Waals surface area contributed by atoms with Gasteiger partial charge in [-0.1, -0.05) is 50.6 Å². The highest BCUT2D eigenvalue weighted by atomic mass is 16.8. The second-order valence-corrected chi connectivity index (χ2v) is 4.27. The molecule has 19 heavy (non-hydrogen) atoms. The molecule has 0 N–H and O–H groups in total. The summed E-state index contributed by atoms with van der Waals surface area (Å²) in [6, 6.07) is 9.47. The van der Waals surface area contributed by atoms with Crippen LogP contribution in [-0.4, -0.2) is 19.1 Å². The van der Waals surface area contributed by atoms with Crippen molar-refractivity contribution in [2.24, 2.45) is 0 Å². The number of carbonyl (C=O) groups excluding carboxylic acids is 1. The van der Waals surface area contributed by atoms with Crippen molar-refractivity contribution < 1.29 is 19.0 Å². The molecule has 0 fully saturated rings.